The standard InChI is InChI=1S/C45H70N12O15/c1-2-3-4-5-6-7-8-9-10-11-16-49-39(66)31-21-37(64)52-32(23-58)44(71)53-27(17-25-12-14-26(60)15-13-25)41(68)54-28(18-34(46)61)40(67)50-22-38(65)51-29(19-35(47)62)42(69)57-33(24-59)45(72)55-30(20-36(48)63)43(70)56-31/h12-15,27-33,58-60H,2-11,16-24H2,1H3,(H2,46,61)(H2,47,62)(H2,48,63)(H,49,66)(H,50,67)(H,51,65)(H,52,64)(H,53,71)(H,54,68)(H,55,72)(H,56,70)(H,57,69)/t27-,28+,29+,30+,31-,32+,33+/m1/s1. The maximum atomic E-state index is 13.9. The molecule has 0 saturated carbocycles. The quantitative estimate of drug-likeness (QED) is 0.0482. The maximum Gasteiger partial charge on any atom is 0.245 e. The molecule has 27 heteroatoms. The molecule has 0 unspecified atom stereocenters. The van der Waals surface area contributed by atoms with Crippen molar-refractivity contribution >= 4 is 70.9 Å². The summed E-state index contributed by atoms with van der Waals surface area (Å²) in [6, 6.07) is -7.58. The van der Waals surface area contributed by atoms with Gasteiger partial charge in [0.25, 0.3) is 0 Å². The van der Waals surface area contributed by atoms with Crippen LogP contribution in [0.3, 0.4) is 0 Å². The number of nitrogens with two attached hydrogens (primary N) is 3. The third-order valence-electron chi connectivity index (χ3n) is 11.1. The van der Waals surface area contributed by atoms with Crippen molar-refractivity contribution in [3.05, 3.63) is 29.8 Å². The Bertz CT molecular complexity index is 2060. The molecule has 18 N–H and O–H groups in total. The monoisotopic (exact) mass is 1020 g/mol. The number of hydrogen-bond acceptors (Lipinski definition) is 15. The van der Waals surface area contributed by atoms with Crippen molar-refractivity contribution in [1.82, 2.24) is 47.9 Å². The predicted octanol–water partition coefficient (Wildman–Crippen LogP) is -5.50. The van der Waals surface area contributed by atoms with Crippen molar-refractivity contribution in [2.45, 2.75) is 146 Å². The van der Waals surface area contributed by atoms with Crippen LogP contribution in [0, 0.1) is 0 Å². The van der Waals surface area contributed by atoms with Crippen LogP contribution in [-0.4, -0.2) is 155 Å². The third-order valence-corrected chi connectivity index (χ3v) is 11.1. The van der Waals surface area contributed by atoms with Crippen LogP contribution in [0.5, 0.6) is 5.75 Å². The topological polar surface area (TPSA) is 452 Å². The fourth-order valence-electron chi connectivity index (χ4n) is 7.19. The van der Waals surface area contributed by atoms with E-state index in [2.05, 4.69) is 54.8 Å². The highest BCUT2D eigenvalue weighted by molar-refractivity contribution is 6.00. The number of aromatic hydroxyl groups is 1. The van der Waals surface area contributed by atoms with E-state index >= 15 is 0 Å². The van der Waals surface area contributed by atoms with Crippen LogP contribution < -0.4 is 65.1 Å². The number of primary amides is 3. The Morgan fingerprint density at radius 2 is 0.931 bits per heavy atom. The lowest BCUT2D eigenvalue weighted by Gasteiger charge is -2.26. The molecular formula is C45H70N12O15. The highest BCUT2D eigenvalue weighted by Crippen LogP contribution is 2.13. The number of carbonyl (C=O) groups is 12. The van der Waals surface area contributed by atoms with Crippen molar-refractivity contribution in [3.8, 4) is 5.75 Å². The van der Waals surface area contributed by atoms with Gasteiger partial charge >= 0.3 is 0 Å². The first-order valence-electron chi connectivity index (χ1n) is 23.7. The molecule has 1 aromatic carbocycles. The minimum absolute atomic E-state index is 0.0912. The van der Waals surface area contributed by atoms with Crippen molar-refractivity contribution < 1.29 is 72.9 Å². The van der Waals surface area contributed by atoms with Crippen LogP contribution in [0.1, 0.15) is 102 Å². The molecule has 0 aromatic heterocycles. The second kappa shape index (κ2) is 32.5. The average molecular weight is 1020 g/mol. The summed E-state index contributed by atoms with van der Waals surface area (Å²) in [5.41, 5.74) is 16.3. The summed E-state index contributed by atoms with van der Waals surface area (Å²) in [5, 5.41) is 50.3. The van der Waals surface area contributed by atoms with E-state index in [4.69, 9.17) is 17.2 Å². The number of unbranched alkanes of at least 4 members (excludes halogenated alkanes) is 9. The lowest BCUT2D eigenvalue weighted by atomic mass is 10.0. The van der Waals surface area contributed by atoms with E-state index in [1.807, 2.05) is 0 Å². The first-order chi connectivity index (χ1) is 34.2. The number of aliphatic hydroxyl groups is 2. The Balaban J connectivity index is 2.58. The lowest BCUT2D eigenvalue weighted by Crippen LogP contribution is -2.60. The largest absolute Gasteiger partial charge is 0.508 e. The predicted molar refractivity (Wildman–Crippen MR) is 253 cm³/mol. The van der Waals surface area contributed by atoms with Gasteiger partial charge < -0.3 is 80.4 Å². The Labute approximate surface area is 415 Å². The van der Waals surface area contributed by atoms with E-state index < -0.39 is 159 Å². The highest BCUT2D eigenvalue weighted by atomic mass is 16.3. The van der Waals surface area contributed by atoms with Gasteiger partial charge in [-0.3, -0.25) is 57.5 Å². The number of rotatable bonds is 22. The van der Waals surface area contributed by atoms with Crippen LogP contribution in [0.15, 0.2) is 24.3 Å². The Hall–Kier alpha value is -7.42. The summed E-state index contributed by atoms with van der Waals surface area (Å²) in [5.74, 6) is -14.2. The summed E-state index contributed by atoms with van der Waals surface area (Å²) in [7, 11) is 0. The Morgan fingerprint density at radius 1 is 0.528 bits per heavy atom. The normalized spacial score (nSPS) is 22.4. The smallest absolute Gasteiger partial charge is 0.245 e. The van der Waals surface area contributed by atoms with Gasteiger partial charge in [-0.25, -0.2) is 0 Å². The molecule has 12 amide bonds. The minimum Gasteiger partial charge on any atom is -0.508 e. The molecule has 0 bridgehead atoms. The molecule has 400 valence electrons. The molecule has 1 aromatic rings. The molecule has 72 heavy (non-hydrogen) atoms. The fourth-order valence-corrected chi connectivity index (χ4v) is 7.19. The first kappa shape index (κ1) is 60.7. The van der Waals surface area contributed by atoms with Gasteiger partial charge in [0.2, 0.25) is 70.9 Å². The van der Waals surface area contributed by atoms with Gasteiger partial charge in [0.1, 0.15) is 48.0 Å². The van der Waals surface area contributed by atoms with Crippen molar-refractivity contribution in [3.63, 3.8) is 0 Å². The van der Waals surface area contributed by atoms with Crippen LogP contribution in [0.25, 0.3) is 0 Å². The molecule has 1 aliphatic rings. The van der Waals surface area contributed by atoms with Gasteiger partial charge in [-0.1, -0.05) is 76.8 Å². The maximum absolute atomic E-state index is 13.9. The zero-order chi connectivity index (χ0) is 53.8. The van der Waals surface area contributed by atoms with Crippen molar-refractivity contribution in [2.75, 3.05) is 26.3 Å². The summed E-state index contributed by atoms with van der Waals surface area (Å²) in [6.07, 6.45) is 5.91. The van der Waals surface area contributed by atoms with Crippen LogP contribution in [0.2, 0.25) is 0 Å². The summed E-state index contributed by atoms with van der Waals surface area (Å²) >= 11 is 0. The number of aliphatic hydroxyl groups excluding tert-OH is 2. The number of nitrogens with one attached hydrogen (secondary N) is 9. The van der Waals surface area contributed by atoms with Gasteiger partial charge in [-0.15, -0.1) is 0 Å². The minimum atomic E-state index is -1.95. The summed E-state index contributed by atoms with van der Waals surface area (Å²) in [6.45, 7) is -1.03. The lowest BCUT2D eigenvalue weighted by molar-refractivity contribution is -0.137. The molecular weight excluding hydrogens is 949 g/mol. The van der Waals surface area contributed by atoms with Crippen LogP contribution >= 0.6 is 0 Å². The molecule has 1 aliphatic heterocycles. The summed E-state index contributed by atoms with van der Waals surface area (Å²) < 4.78 is 0. The molecule has 0 spiro atoms. The number of phenolic OH excluding ortho intramolecular Hbond substituents is 1. The average Bonchev–Trinajstić information content (AvgIpc) is 3.31. The van der Waals surface area contributed by atoms with Crippen molar-refractivity contribution in [2.24, 2.45) is 17.2 Å². The van der Waals surface area contributed by atoms with Gasteiger partial charge in [-0.2, -0.15) is 0 Å². The van der Waals surface area contributed by atoms with E-state index in [1.54, 1.807) is 0 Å². The number of phenols is 1. The zero-order valence-electron chi connectivity index (χ0n) is 40.3. The SMILES string of the molecule is CCCCCCCCCCCCNC(=O)[C@H]1CC(=O)N[C@@H](CO)C(=O)N[C@H](Cc2ccc(O)cc2)C(=O)N[C@@H](CC(N)=O)C(=O)NCC(=O)N[C@@H](CC(N)=O)C(=O)N[C@@H](CO)C(=O)N[C@@H](CC(N)=O)C(=O)N1. The molecule has 7 atom stereocenters. The molecule has 2 rings (SSSR count). The second-order valence-corrected chi connectivity index (χ2v) is 17.2. The van der Waals surface area contributed by atoms with Crippen molar-refractivity contribution in [1.29, 1.82) is 0 Å². The molecule has 1 heterocycles. The number of hydrogen-bond donors (Lipinski definition) is 15. The van der Waals surface area contributed by atoms with Crippen LogP contribution in [0.4, 0.5) is 0 Å². The second-order valence-electron chi connectivity index (χ2n) is 17.2. The molecule has 0 radical (unpaired) electrons. The third kappa shape index (κ3) is 23.5. The van der Waals surface area contributed by atoms with E-state index in [-0.39, 0.29) is 18.7 Å². The zero-order valence-corrected chi connectivity index (χ0v) is 40.3. The van der Waals surface area contributed by atoms with Gasteiger partial charge in [0.05, 0.1) is 45.4 Å². The number of amides is 12. The Kier molecular flexibility index (Phi) is 27.4. The van der Waals surface area contributed by atoms with E-state index in [9.17, 15) is 72.9 Å². The molecule has 27 nitrogen and oxygen atoms in total. The van der Waals surface area contributed by atoms with E-state index in [0.29, 0.717) is 12.0 Å². The van der Waals surface area contributed by atoms with E-state index in [0.717, 1.165) is 44.9 Å². The van der Waals surface area contributed by atoms with Crippen LogP contribution in [-0.2, 0) is 64.0 Å². The van der Waals surface area contributed by atoms with E-state index in [1.165, 1.54) is 37.1 Å². The van der Waals surface area contributed by atoms with Gasteiger partial charge in [-0.05, 0) is 24.1 Å². The Morgan fingerprint density at radius 3 is 1.44 bits per heavy atom. The first-order valence-corrected chi connectivity index (χ1v) is 23.7. The summed E-state index contributed by atoms with van der Waals surface area (Å²) in [4.78, 5) is 158. The number of benzene rings is 1. The number of carbonyl (C=O) groups excluding carboxylic acids is 12. The molecule has 1 saturated heterocycles. The molecule has 0 aliphatic carbocycles. The highest BCUT2D eigenvalue weighted by Gasteiger charge is 2.35. The molecule has 1 fully saturated rings. The van der Waals surface area contributed by atoms with Gasteiger partial charge in [0.15, 0.2) is 0 Å². The van der Waals surface area contributed by atoms with Gasteiger partial charge in [0, 0.05) is 13.0 Å². The fraction of sp³-hybridized carbons (Fsp3) is 0.600.